The van der Waals surface area contributed by atoms with Gasteiger partial charge in [0.15, 0.2) is 0 Å². The molecule has 5 heteroatoms. The molecular weight excluding hydrogens is 282 g/mol. The van der Waals surface area contributed by atoms with Crippen molar-refractivity contribution in [3.05, 3.63) is 35.4 Å². The normalized spacial score (nSPS) is 18.2. The van der Waals surface area contributed by atoms with Crippen LogP contribution in [0.15, 0.2) is 24.3 Å². The predicted molar refractivity (Wildman–Crippen MR) is 89.5 cm³/mol. The summed E-state index contributed by atoms with van der Waals surface area (Å²) in [6.45, 7) is 5.15. The van der Waals surface area contributed by atoms with Gasteiger partial charge in [-0.25, -0.2) is 0 Å². The summed E-state index contributed by atoms with van der Waals surface area (Å²) >= 11 is 4.90. The topological polar surface area (TPSA) is 58.4 Å². The van der Waals surface area contributed by atoms with Crippen molar-refractivity contribution < 1.29 is 4.79 Å². The van der Waals surface area contributed by atoms with Crippen molar-refractivity contribution in [2.75, 3.05) is 26.7 Å². The largest absolute Gasteiger partial charge is 0.389 e. The van der Waals surface area contributed by atoms with Crippen molar-refractivity contribution in [1.82, 2.24) is 10.2 Å². The van der Waals surface area contributed by atoms with Gasteiger partial charge in [-0.2, -0.15) is 0 Å². The lowest BCUT2D eigenvalue weighted by molar-refractivity contribution is 0.0891. The number of thiocarbonyl (C=S) groups is 1. The molecule has 21 heavy (non-hydrogen) atoms. The van der Waals surface area contributed by atoms with E-state index >= 15 is 0 Å². The summed E-state index contributed by atoms with van der Waals surface area (Å²) in [6, 6.07) is 7.10. The molecule has 0 aromatic heterocycles. The average Bonchev–Trinajstić information content (AvgIpc) is 2.48. The van der Waals surface area contributed by atoms with Crippen LogP contribution in [0.1, 0.15) is 35.7 Å². The molecule has 0 radical (unpaired) electrons. The molecule has 1 amide bonds. The van der Waals surface area contributed by atoms with E-state index in [2.05, 4.69) is 24.2 Å². The van der Waals surface area contributed by atoms with Crippen LogP contribution in [0.4, 0.5) is 0 Å². The Bertz CT molecular complexity index is 519. The van der Waals surface area contributed by atoms with Crippen molar-refractivity contribution >= 4 is 23.1 Å². The van der Waals surface area contributed by atoms with Crippen LogP contribution < -0.4 is 11.1 Å². The molecule has 0 spiro atoms. The third-order valence-electron chi connectivity index (χ3n) is 4.30. The number of carbonyl (C=O) groups is 1. The first-order chi connectivity index (χ1) is 9.89. The maximum absolute atomic E-state index is 12.2. The van der Waals surface area contributed by atoms with Crippen LogP contribution in [-0.4, -0.2) is 42.5 Å². The van der Waals surface area contributed by atoms with Gasteiger partial charge in [0.1, 0.15) is 4.99 Å². The molecule has 1 aromatic rings. The third-order valence-corrected chi connectivity index (χ3v) is 4.54. The molecule has 0 aliphatic carbocycles. The Morgan fingerprint density at radius 3 is 2.33 bits per heavy atom. The highest BCUT2D eigenvalue weighted by atomic mass is 32.1. The van der Waals surface area contributed by atoms with Gasteiger partial charge in [0, 0.05) is 17.7 Å². The Morgan fingerprint density at radius 1 is 1.29 bits per heavy atom. The van der Waals surface area contributed by atoms with E-state index in [9.17, 15) is 4.79 Å². The summed E-state index contributed by atoms with van der Waals surface area (Å²) in [6.07, 6.45) is 2.23. The van der Waals surface area contributed by atoms with Gasteiger partial charge in [0.05, 0.1) is 0 Å². The summed E-state index contributed by atoms with van der Waals surface area (Å²) in [5.74, 6) is -0.0374. The number of carbonyl (C=O) groups excluding carboxylic acids is 1. The summed E-state index contributed by atoms with van der Waals surface area (Å²) < 4.78 is 0. The van der Waals surface area contributed by atoms with Gasteiger partial charge in [-0.1, -0.05) is 31.3 Å². The van der Waals surface area contributed by atoms with Crippen molar-refractivity contribution in [3.63, 3.8) is 0 Å². The zero-order valence-electron chi connectivity index (χ0n) is 12.7. The number of rotatable bonds is 4. The zero-order chi connectivity index (χ0) is 15.5. The maximum atomic E-state index is 12.2. The lowest BCUT2D eigenvalue weighted by Gasteiger charge is -2.37. The molecule has 1 heterocycles. The van der Waals surface area contributed by atoms with Gasteiger partial charge in [0.25, 0.3) is 5.91 Å². The molecule has 0 unspecified atom stereocenters. The minimum absolute atomic E-state index is 0.0374. The summed E-state index contributed by atoms with van der Waals surface area (Å²) in [7, 11) is 2.14. The highest BCUT2D eigenvalue weighted by Gasteiger charge is 2.29. The minimum atomic E-state index is -0.0374. The molecule has 1 aromatic carbocycles. The molecule has 0 atom stereocenters. The van der Waals surface area contributed by atoms with Crippen molar-refractivity contribution in [2.45, 2.75) is 19.8 Å². The van der Waals surface area contributed by atoms with Gasteiger partial charge in [-0.3, -0.25) is 4.79 Å². The second-order valence-corrected chi connectivity index (χ2v) is 6.68. The van der Waals surface area contributed by atoms with E-state index in [0.29, 0.717) is 10.6 Å². The van der Waals surface area contributed by atoms with E-state index in [4.69, 9.17) is 18.0 Å². The van der Waals surface area contributed by atoms with Crippen LogP contribution in [0.2, 0.25) is 0 Å². The molecule has 3 N–H and O–H groups in total. The second kappa shape index (κ2) is 6.54. The van der Waals surface area contributed by atoms with Gasteiger partial charge >= 0.3 is 0 Å². The van der Waals surface area contributed by atoms with Gasteiger partial charge in [-0.05, 0) is 50.5 Å². The SMILES string of the molecule is CN1CCC(C)(CNC(=O)c2ccc(C(N)=S)cc2)CC1. The smallest absolute Gasteiger partial charge is 0.251 e. The first kappa shape index (κ1) is 15.9. The molecule has 0 bridgehead atoms. The molecule has 0 saturated carbocycles. The number of benzene rings is 1. The van der Waals surface area contributed by atoms with Crippen LogP contribution >= 0.6 is 12.2 Å². The highest BCUT2D eigenvalue weighted by molar-refractivity contribution is 7.80. The van der Waals surface area contributed by atoms with Crippen molar-refractivity contribution in [1.29, 1.82) is 0 Å². The highest BCUT2D eigenvalue weighted by Crippen LogP contribution is 2.29. The minimum Gasteiger partial charge on any atom is -0.389 e. The quantitative estimate of drug-likeness (QED) is 0.833. The lowest BCUT2D eigenvalue weighted by atomic mass is 9.80. The van der Waals surface area contributed by atoms with Crippen LogP contribution in [0, 0.1) is 5.41 Å². The number of nitrogens with one attached hydrogen (secondary N) is 1. The first-order valence-corrected chi connectivity index (χ1v) is 7.67. The molecular formula is C16H23N3OS. The van der Waals surface area contributed by atoms with E-state index in [-0.39, 0.29) is 11.3 Å². The Labute approximate surface area is 131 Å². The average molecular weight is 305 g/mol. The van der Waals surface area contributed by atoms with Gasteiger partial charge in [0.2, 0.25) is 0 Å². The fraction of sp³-hybridized carbons (Fsp3) is 0.500. The first-order valence-electron chi connectivity index (χ1n) is 7.26. The van der Waals surface area contributed by atoms with Crippen LogP contribution in [-0.2, 0) is 0 Å². The third kappa shape index (κ3) is 4.25. The Kier molecular flexibility index (Phi) is 4.96. The number of nitrogens with two attached hydrogens (primary N) is 1. The van der Waals surface area contributed by atoms with Crippen LogP contribution in [0.5, 0.6) is 0 Å². The predicted octanol–water partition coefficient (Wildman–Crippen LogP) is 1.78. The van der Waals surface area contributed by atoms with E-state index in [0.717, 1.165) is 38.0 Å². The van der Waals surface area contributed by atoms with E-state index < -0.39 is 0 Å². The van der Waals surface area contributed by atoms with E-state index in [1.807, 2.05) is 0 Å². The molecule has 1 fully saturated rings. The number of hydrogen-bond acceptors (Lipinski definition) is 3. The van der Waals surface area contributed by atoms with Crippen LogP contribution in [0.3, 0.4) is 0 Å². The molecule has 1 aliphatic rings. The summed E-state index contributed by atoms with van der Waals surface area (Å²) in [5.41, 5.74) is 7.17. The monoisotopic (exact) mass is 305 g/mol. The van der Waals surface area contributed by atoms with E-state index in [1.54, 1.807) is 24.3 Å². The number of likely N-dealkylation sites (tertiary alicyclic amines) is 1. The van der Waals surface area contributed by atoms with E-state index in [1.165, 1.54) is 0 Å². The molecule has 2 rings (SSSR count). The summed E-state index contributed by atoms with van der Waals surface area (Å²) in [5, 5.41) is 3.05. The lowest BCUT2D eigenvalue weighted by Crippen LogP contribution is -2.43. The van der Waals surface area contributed by atoms with Crippen LogP contribution in [0.25, 0.3) is 0 Å². The molecule has 1 saturated heterocycles. The Hall–Kier alpha value is -1.46. The number of hydrogen-bond donors (Lipinski definition) is 2. The maximum Gasteiger partial charge on any atom is 0.251 e. The fourth-order valence-electron chi connectivity index (χ4n) is 2.52. The molecule has 114 valence electrons. The molecule has 4 nitrogen and oxygen atoms in total. The fourth-order valence-corrected chi connectivity index (χ4v) is 2.65. The second-order valence-electron chi connectivity index (χ2n) is 6.24. The van der Waals surface area contributed by atoms with Crippen molar-refractivity contribution in [2.24, 2.45) is 11.1 Å². The van der Waals surface area contributed by atoms with Crippen molar-refractivity contribution in [3.8, 4) is 0 Å². The van der Waals surface area contributed by atoms with Gasteiger partial charge in [-0.15, -0.1) is 0 Å². The number of amides is 1. The Morgan fingerprint density at radius 2 is 1.81 bits per heavy atom. The zero-order valence-corrected chi connectivity index (χ0v) is 13.5. The van der Waals surface area contributed by atoms with Gasteiger partial charge < -0.3 is 16.0 Å². The summed E-state index contributed by atoms with van der Waals surface area (Å²) in [4.78, 5) is 14.9. The Balaban J connectivity index is 1.91. The number of piperidine rings is 1. The standard InChI is InChI=1S/C16H23N3OS/c1-16(7-9-19(2)10-8-16)11-18-15(20)13-5-3-12(4-6-13)14(17)21/h3-6H,7-11H2,1-2H3,(H2,17,21)(H,18,20). The number of nitrogens with zero attached hydrogens (tertiary/aromatic N) is 1. The molecule has 1 aliphatic heterocycles.